The van der Waals surface area contributed by atoms with E-state index in [2.05, 4.69) is 20.9 Å². The number of aryl methyl sites for hydroxylation is 1. The van der Waals surface area contributed by atoms with Crippen LogP contribution in [0.3, 0.4) is 0 Å². The standard InChI is InChI=1S/C15H11BrN2O2S/c1-10-2-4-13(5-3-10)21(20)18-8-11(9-19)14-6-12(16)7-17-15(14)18/h2-9H,1H3. The van der Waals surface area contributed by atoms with Crippen LogP contribution in [0.2, 0.25) is 0 Å². The van der Waals surface area contributed by atoms with Crippen molar-refractivity contribution in [2.75, 3.05) is 0 Å². The Labute approximate surface area is 133 Å². The quantitative estimate of drug-likeness (QED) is 0.529. The molecule has 0 aliphatic carbocycles. The second kappa shape index (κ2) is 5.63. The first-order chi connectivity index (χ1) is 10.1. The van der Waals surface area contributed by atoms with Crippen molar-refractivity contribution in [2.45, 2.75) is 11.8 Å². The number of carbonyl (C=O) groups excluding carboxylic acids is 1. The monoisotopic (exact) mass is 362 g/mol. The highest BCUT2D eigenvalue weighted by molar-refractivity contribution is 9.10. The summed E-state index contributed by atoms with van der Waals surface area (Å²) in [6, 6.07) is 9.25. The Morgan fingerprint density at radius 2 is 2.05 bits per heavy atom. The highest BCUT2D eigenvalue weighted by atomic mass is 79.9. The molecule has 0 saturated carbocycles. The van der Waals surface area contributed by atoms with Gasteiger partial charge in [-0.2, -0.15) is 0 Å². The van der Waals surface area contributed by atoms with Crippen LogP contribution in [0.4, 0.5) is 0 Å². The van der Waals surface area contributed by atoms with E-state index in [1.54, 1.807) is 18.5 Å². The second-order valence-electron chi connectivity index (χ2n) is 4.61. The summed E-state index contributed by atoms with van der Waals surface area (Å²) < 4.78 is 15.0. The zero-order valence-electron chi connectivity index (χ0n) is 11.1. The molecule has 0 saturated heterocycles. The Balaban J connectivity index is 2.15. The van der Waals surface area contributed by atoms with Gasteiger partial charge in [0, 0.05) is 21.6 Å². The lowest BCUT2D eigenvalue weighted by Gasteiger charge is -2.10. The number of carbonyl (C=O) groups is 1. The van der Waals surface area contributed by atoms with Crippen molar-refractivity contribution < 1.29 is 9.35 Å². The SMILES string of the molecule is Cc1ccc([S+]([O-])n2cc(C=O)c3cc(Br)cnc32)cc1. The van der Waals surface area contributed by atoms with E-state index in [-0.39, 0.29) is 0 Å². The van der Waals surface area contributed by atoms with Crippen LogP contribution in [0.25, 0.3) is 11.0 Å². The van der Waals surface area contributed by atoms with E-state index in [4.69, 9.17) is 0 Å². The second-order valence-corrected chi connectivity index (χ2v) is 6.89. The number of benzene rings is 1. The normalized spacial score (nSPS) is 12.5. The van der Waals surface area contributed by atoms with Crippen molar-refractivity contribution in [1.82, 2.24) is 8.96 Å². The van der Waals surface area contributed by atoms with Crippen LogP contribution in [0, 0.1) is 6.92 Å². The lowest BCUT2D eigenvalue weighted by atomic mass is 10.2. The molecule has 1 unspecified atom stereocenters. The zero-order chi connectivity index (χ0) is 15.0. The Morgan fingerprint density at radius 3 is 2.71 bits per heavy atom. The van der Waals surface area contributed by atoms with E-state index in [1.165, 1.54) is 3.97 Å². The van der Waals surface area contributed by atoms with Crippen molar-refractivity contribution in [3.63, 3.8) is 0 Å². The molecule has 106 valence electrons. The molecule has 1 atom stereocenters. The molecule has 0 N–H and O–H groups in total. The Bertz CT molecular complexity index is 814. The van der Waals surface area contributed by atoms with Gasteiger partial charge in [-0.15, -0.1) is 3.97 Å². The third kappa shape index (κ3) is 2.62. The van der Waals surface area contributed by atoms with Crippen LogP contribution in [0.1, 0.15) is 15.9 Å². The molecule has 0 aliphatic rings. The Hall–Kier alpha value is -1.63. The summed E-state index contributed by atoms with van der Waals surface area (Å²) in [5.41, 5.74) is 2.10. The van der Waals surface area contributed by atoms with Crippen LogP contribution >= 0.6 is 15.9 Å². The average molecular weight is 363 g/mol. The molecular weight excluding hydrogens is 352 g/mol. The number of fused-ring (bicyclic) bond motifs is 1. The first-order valence-corrected chi connectivity index (χ1v) is 8.11. The van der Waals surface area contributed by atoms with Crippen LogP contribution in [0.15, 0.2) is 52.1 Å². The fourth-order valence-electron chi connectivity index (χ4n) is 2.07. The predicted octanol–water partition coefficient (Wildman–Crippen LogP) is 3.49. The molecule has 3 aromatic rings. The van der Waals surface area contributed by atoms with Crippen LogP contribution in [0.5, 0.6) is 0 Å². The van der Waals surface area contributed by atoms with Crippen molar-refractivity contribution in [1.29, 1.82) is 0 Å². The lowest BCUT2D eigenvalue weighted by molar-refractivity contribution is 0.112. The van der Waals surface area contributed by atoms with E-state index in [1.807, 2.05) is 31.2 Å². The number of nitrogens with zero attached hydrogens (tertiary/aromatic N) is 2. The average Bonchev–Trinajstić information content (AvgIpc) is 2.85. The largest absolute Gasteiger partial charge is 0.587 e. The van der Waals surface area contributed by atoms with Gasteiger partial charge in [0.15, 0.2) is 16.8 Å². The number of halogens is 1. The van der Waals surface area contributed by atoms with Crippen molar-refractivity contribution in [2.24, 2.45) is 0 Å². The minimum absolute atomic E-state index is 0.472. The first kappa shape index (κ1) is 14.3. The summed E-state index contributed by atoms with van der Waals surface area (Å²) in [5, 5.41) is 0.680. The van der Waals surface area contributed by atoms with Crippen LogP contribution < -0.4 is 0 Å². The Morgan fingerprint density at radius 1 is 1.33 bits per heavy atom. The van der Waals surface area contributed by atoms with E-state index < -0.39 is 11.4 Å². The number of aromatic nitrogens is 2. The number of pyridine rings is 1. The van der Waals surface area contributed by atoms with E-state index in [9.17, 15) is 9.35 Å². The summed E-state index contributed by atoms with van der Waals surface area (Å²) in [4.78, 5) is 16.1. The van der Waals surface area contributed by atoms with Crippen molar-refractivity contribution in [3.8, 4) is 0 Å². The fraction of sp³-hybridized carbons (Fsp3) is 0.0667. The maximum absolute atomic E-state index is 12.7. The molecule has 2 aromatic heterocycles. The van der Waals surface area contributed by atoms with Gasteiger partial charge in [0.1, 0.15) is 11.4 Å². The molecular formula is C15H11BrN2O2S. The predicted molar refractivity (Wildman–Crippen MR) is 85.8 cm³/mol. The third-order valence-electron chi connectivity index (χ3n) is 3.14. The lowest BCUT2D eigenvalue weighted by Crippen LogP contribution is -2.12. The van der Waals surface area contributed by atoms with Gasteiger partial charge in [0.25, 0.3) is 0 Å². The Kier molecular flexibility index (Phi) is 3.84. The molecule has 0 aliphatic heterocycles. The minimum atomic E-state index is -1.44. The van der Waals surface area contributed by atoms with Gasteiger partial charge in [-0.05, 0) is 41.1 Å². The van der Waals surface area contributed by atoms with Crippen LogP contribution in [-0.4, -0.2) is 19.8 Å². The van der Waals surface area contributed by atoms with Gasteiger partial charge in [-0.3, -0.25) is 4.79 Å². The van der Waals surface area contributed by atoms with E-state index in [0.717, 1.165) is 16.3 Å². The topological polar surface area (TPSA) is 58.0 Å². The molecule has 0 fully saturated rings. The van der Waals surface area contributed by atoms with Gasteiger partial charge in [-0.25, -0.2) is 4.98 Å². The number of hydrogen-bond acceptors (Lipinski definition) is 3. The highest BCUT2D eigenvalue weighted by Gasteiger charge is 2.20. The van der Waals surface area contributed by atoms with Gasteiger partial charge in [0.05, 0.1) is 6.20 Å². The van der Waals surface area contributed by atoms with Crippen molar-refractivity contribution in [3.05, 3.63) is 58.3 Å². The first-order valence-electron chi connectivity index (χ1n) is 6.21. The molecule has 4 nitrogen and oxygen atoms in total. The summed E-state index contributed by atoms with van der Waals surface area (Å²) in [6.07, 6.45) is 3.95. The maximum Gasteiger partial charge on any atom is 0.187 e. The molecule has 0 bridgehead atoms. The molecule has 6 heteroatoms. The molecule has 0 spiro atoms. The highest BCUT2D eigenvalue weighted by Crippen LogP contribution is 2.26. The molecule has 2 heterocycles. The van der Waals surface area contributed by atoms with Gasteiger partial charge < -0.3 is 4.55 Å². The molecule has 1 aromatic carbocycles. The van der Waals surface area contributed by atoms with Crippen molar-refractivity contribution >= 4 is 44.6 Å². The summed E-state index contributed by atoms with van der Waals surface area (Å²) in [5.74, 6) is 0. The van der Waals surface area contributed by atoms with E-state index >= 15 is 0 Å². The zero-order valence-corrected chi connectivity index (χ0v) is 13.5. The van der Waals surface area contributed by atoms with E-state index in [0.29, 0.717) is 21.5 Å². The molecule has 0 radical (unpaired) electrons. The minimum Gasteiger partial charge on any atom is -0.587 e. The van der Waals surface area contributed by atoms with Gasteiger partial charge in [-0.1, -0.05) is 17.7 Å². The van der Waals surface area contributed by atoms with Gasteiger partial charge in [0.2, 0.25) is 0 Å². The number of rotatable bonds is 3. The summed E-state index contributed by atoms with van der Waals surface area (Å²) in [6.45, 7) is 1.97. The third-order valence-corrected chi connectivity index (χ3v) is 4.88. The molecule has 3 rings (SSSR count). The molecule has 0 amide bonds. The number of aldehydes is 1. The summed E-state index contributed by atoms with van der Waals surface area (Å²) >= 11 is 1.89. The summed E-state index contributed by atoms with van der Waals surface area (Å²) in [7, 11) is 0. The van der Waals surface area contributed by atoms with Gasteiger partial charge >= 0.3 is 0 Å². The smallest absolute Gasteiger partial charge is 0.187 e. The fourth-order valence-corrected chi connectivity index (χ4v) is 3.50. The maximum atomic E-state index is 12.7. The van der Waals surface area contributed by atoms with Crippen LogP contribution in [-0.2, 0) is 11.4 Å². The molecule has 21 heavy (non-hydrogen) atoms. The number of hydrogen-bond donors (Lipinski definition) is 0.